The van der Waals surface area contributed by atoms with Gasteiger partial charge in [0.2, 0.25) is 0 Å². The zero-order valence-corrected chi connectivity index (χ0v) is 4.94. The van der Waals surface area contributed by atoms with Crippen LogP contribution in [0.3, 0.4) is 0 Å². The lowest BCUT2D eigenvalue weighted by Crippen LogP contribution is -2.54. The number of amides is 2. The van der Waals surface area contributed by atoms with Crippen LogP contribution in [0.5, 0.6) is 0 Å². The number of carbonyl (C=O) groups excluding carboxylic acids is 1. The maximum Gasteiger partial charge on any atom is 0.317 e. The lowest BCUT2D eigenvalue weighted by Gasteiger charge is -2.36. The van der Waals surface area contributed by atoms with Crippen LogP contribution in [0.1, 0.15) is 6.42 Å². The molecular formula is C5H8N2O2. The van der Waals surface area contributed by atoms with Crippen LogP contribution in [0.25, 0.3) is 0 Å². The third kappa shape index (κ3) is 0.595. The van der Waals surface area contributed by atoms with Gasteiger partial charge in [-0.05, 0) is 0 Å². The summed E-state index contributed by atoms with van der Waals surface area (Å²) in [7, 11) is 0. The summed E-state index contributed by atoms with van der Waals surface area (Å²) in [6.45, 7) is 1.38. The fraction of sp³-hybridized carbons (Fsp3) is 0.800. The molecule has 4 heteroatoms. The Bertz CT molecular complexity index is 153. The summed E-state index contributed by atoms with van der Waals surface area (Å²) in [5.74, 6) is 0. The second-order valence-electron chi connectivity index (χ2n) is 2.40. The van der Waals surface area contributed by atoms with Crippen molar-refractivity contribution in [3.63, 3.8) is 0 Å². The average Bonchev–Trinajstić information content (AvgIpc) is 2.09. The Morgan fingerprint density at radius 2 is 2.44 bits per heavy atom. The smallest absolute Gasteiger partial charge is 0.317 e. The van der Waals surface area contributed by atoms with Gasteiger partial charge in [-0.2, -0.15) is 0 Å². The van der Waals surface area contributed by atoms with Crippen LogP contribution in [0.15, 0.2) is 0 Å². The third-order valence-corrected chi connectivity index (χ3v) is 1.76. The number of carbonyl (C=O) groups is 1. The van der Waals surface area contributed by atoms with Gasteiger partial charge in [0, 0.05) is 6.42 Å². The van der Waals surface area contributed by atoms with E-state index in [1.165, 1.54) is 0 Å². The van der Waals surface area contributed by atoms with Crippen molar-refractivity contribution in [2.24, 2.45) is 0 Å². The van der Waals surface area contributed by atoms with E-state index < -0.39 is 0 Å². The molecule has 0 radical (unpaired) electrons. The Morgan fingerprint density at radius 1 is 1.67 bits per heavy atom. The van der Waals surface area contributed by atoms with Crippen molar-refractivity contribution in [2.45, 2.75) is 12.1 Å². The molecule has 4 nitrogen and oxygen atoms in total. The second kappa shape index (κ2) is 1.39. The normalized spacial score (nSPS) is 39.8. The first-order chi connectivity index (χ1) is 4.31. The van der Waals surface area contributed by atoms with Crippen LogP contribution >= 0.6 is 0 Å². The second-order valence-corrected chi connectivity index (χ2v) is 2.40. The predicted molar refractivity (Wildman–Crippen MR) is 29.8 cm³/mol. The summed E-state index contributed by atoms with van der Waals surface area (Å²) in [6.07, 6.45) is 0.936. The first kappa shape index (κ1) is 5.05. The Kier molecular flexibility index (Phi) is 0.778. The standard InChI is InChI=1S/C5H8N2O2/c8-4-6-3-5(7-4)1-2-9-5/h1-3H2,(H2,6,7,8). The Labute approximate surface area is 52.6 Å². The molecule has 1 unspecified atom stereocenters. The summed E-state index contributed by atoms with van der Waals surface area (Å²) >= 11 is 0. The molecule has 2 amide bonds. The quantitative estimate of drug-likeness (QED) is 0.458. The van der Waals surface area contributed by atoms with Crippen molar-refractivity contribution in [1.29, 1.82) is 0 Å². The Hall–Kier alpha value is -0.770. The molecule has 2 aliphatic heterocycles. The molecule has 1 atom stereocenters. The minimum atomic E-state index is -0.322. The molecule has 2 saturated heterocycles. The van der Waals surface area contributed by atoms with Crippen molar-refractivity contribution >= 4 is 6.03 Å². The molecule has 50 valence electrons. The van der Waals surface area contributed by atoms with Gasteiger partial charge in [-0.15, -0.1) is 0 Å². The van der Waals surface area contributed by atoms with E-state index >= 15 is 0 Å². The average molecular weight is 128 g/mol. The first-order valence-corrected chi connectivity index (χ1v) is 3.01. The molecule has 0 bridgehead atoms. The van der Waals surface area contributed by atoms with Crippen molar-refractivity contribution in [1.82, 2.24) is 10.6 Å². The number of ether oxygens (including phenoxy) is 1. The minimum Gasteiger partial charge on any atom is -0.354 e. The predicted octanol–water partition coefficient (Wildman–Crippen LogP) is -0.584. The van der Waals surface area contributed by atoms with E-state index in [1.807, 2.05) is 0 Å². The van der Waals surface area contributed by atoms with Gasteiger partial charge < -0.3 is 15.4 Å². The van der Waals surface area contributed by atoms with Crippen LogP contribution in [0, 0.1) is 0 Å². The molecule has 9 heavy (non-hydrogen) atoms. The maximum absolute atomic E-state index is 10.5. The van der Waals surface area contributed by atoms with E-state index in [4.69, 9.17) is 4.74 Å². The number of hydrogen-bond acceptors (Lipinski definition) is 2. The number of hydrogen-bond donors (Lipinski definition) is 2. The Morgan fingerprint density at radius 3 is 2.67 bits per heavy atom. The molecular weight excluding hydrogens is 120 g/mol. The molecule has 2 N–H and O–H groups in total. The van der Waals surface area contributed by atoms with Crippen molar-refractivity contribution in [3.05, 3.63) is 0 Å². The third-order valence-electron chi connectivity index (χ3n) is 1.76. The lowest BCUT2D eigenvalue weighted by molar-refractivity contribution is -0.144. The minimum absolute atomic E-state index is 0.116. The van der Waals surface area contributed by atoms with E-state index in [0.29, 0.717) is 6.54 Å². The SMILES string of the molecule is O=C1NCC2(CCO2)N1. The van der Waals surface area contributed by atoms with E-state index in [9.17, 15) is 4.79 Å². The van der Waals surface area contributed by atoms with Gasteiger partial charge >= 0.3 is 6.03 Å². The van der Waals surface area contributed by atoms with Gasteiger partial charge in [0.25, 0.3) is 0 Å². The lowest BCUT2D eigenvalue weighted by atomic mass is 10.1. The van der Waals surface area contributed by atoms with Crippen molar-refractivity contribution < 1.29 is 9.53 Å². The van der Waals surface area contributed by atoms with E-state index in [1.54, 1.807) is 0 Å². The molecule has 0 aliphatic carbocycles. The first-order valence-electron chi connectivity index (χ1n) is 3.01. The molecule has 2 heterocycles. The van der Waals surface area contributed by atoms with Gasteiger partial charge in [0.1, 0.15) is 0 Å². The molecule has 0 aromatic carbocycles. The highest BCUT2D eigenvalue weighted by Crippen LogP contribution is 2.24. The zero-order chi connectivity index (χ0) is 6.32. The fourth-order valence-electron chi connectivity index (χ4n) is 1.10. The van der Waals surface area contributed by atoms with Crippen LogP contribution in [-0.2, 0) is 4.74 Å². The molecule has 2 rings (SSSR count). The summed E-state index contributed by atoms with van der Waals surface area (Å²) < 4.78 is 5.16. The van der Waals surface area contributed by atoms with Gasteiger partial charge in [-0.25, -0.2) is 4.79 Å². The van der Waals surface area contributed by atoms with Crippen LogP contribution in [0.2, 0.25) is 0 Å². The monoisotopic (exact) mass is 128 g/mol. The zero-order valence-electron chi connectivity index (χ0n) is 4.94. The molecule has 0 aromatic rings. The van der Waals surface area contributed by atoms with Gasteiger partial charge in [0.05, 0.1) is 13.2 Å². The number of nitrogens with one attached hydrogen (secondary N) is 2. The summed E-state index contributed by atoms with van der Waals surface area (Å²) in [6, 6.07) is -0.116. The highest BCUT2D eigenvalue weighted by molar-refractivity contribution is 5.77. The van der Waals surface area contributed by atoms with Crippen LogP contribution in [0.4, 0.5) is 4.79 Å². The van der Waals surface area contributed by atoms with Crippen LogP contribution < -0.4 is 10.6 Å². The summed E-state index contributed by atoms with van der Waals surface area (Å²) in [5.41, 5.74) is -0.322. The molecule has 2 fully saturated rings. The summed E-state index contributed by atoms with van der Waals surface area (Å²) in [4.78, 5) is 10.5. The van der Waals surface area contributed by atoms with Crippen molar-refractivity contribution in [2.75, 3.05) is 13.2 Å². The van der Waals surface area contributed by atoms with E-state index in [0.717, 1.165) is 13.0 Å². The molecule has 2 aliphatic rings. The van der Waals surface area contributed by atoms with E-state index in [2.05, 4.69) is 10.6 Å². The number of rotatable bonds is 0. The van der Waals surface area contributed by atoms with Gasteiger partial charge in [-0.1, -0.05) is 0 Å². The highest BCUT2D eigenvalue weighted by Gasteiger charge is 2.44. The largest absolute Gasteiger partial charge is 0.354 e. The van der Waals surface area contributed by atoms with Gasteiger partial charge in [0.15, 0.2) is 5.72 Å². The van der Waals surface area contributed by atoms with Gasteiger partial charge in [-0.3, -0.25) is 0 Å². The fourth-order valence-corrected chi connectivity index (χ4v) is 1.10. The molecule has 0 saturated carbocycles. The summed E-state index contributed by atoms with van der Waals surface area (Å²) in [5, 5.41) is 5.33. The topological polar surface area (TPSA) is 50.4 Å². The molecule has 1 spiro atoms. The van der Waals surface area contributed by atoms with Crippen LogP contribution in [-0.4, -0.2) is 24.9 Å². The number of urea groups is 1. The highest BCUT2D eigenvalue weighted by atomic mass is 16.5. The Balaban J connectivity index is 2.07. The van der Waals surface area contributed by atoms with E-state index in [-0.39, 0.29) is 11.8 Å². The maximum atomic E-state index is 10.5. The molecule has 0 aromatic heterocycles. The van der Waals surface area contributed by atoms with Crippen molar-refractivity contribution in [3.8, 4) is 0 Å².